The molecule has 94 valence electrons. The Morgan fingerprint density at radius 1 is 1.25 bits per heavy atom. The van der Waals surface area contributed by atoms with Crippen molar-refractivity contribution < 1.29 is 18.0 Å². The Kier molecular flexibility index (Phi) is 4.07. The minimum absolute atomic E-state index is 0. The van der Waals surface area contributed by atoms with Crippen molar-refractivity contribution in [2.24, 2.45) is 11.8 Å². The number of hydrogen-bond donors (Lipinski definition) is 1. The van der Waals surface area contributed by atoms with Gasteiger partial charge in [-0.3, -0.25) is 4.79 Å². The second-order valence-corrected chi connectivity index (χ2v) is 4.22. The van der Waals surface area contributed by atoms with Crippen molar-refractivity contribution in [1.29, 1.82) is 0 Å². The first-order valence-electron chi connectivity index (χ1n) is 5.05. The van der Waals surface area contributed by atoms with Gasteiger partial charge in [0.15, 0.2) is 0 Å². The largest absolute Gasteiger partial charge is 0.471 e. The quantitative estimate of drug-likeness (QED) is 0.704. The van der Waals surface area contributed by atoms with Gasteiger partial charge < -0.3 is 10.2 Å². The van der Waals surface area contributed by atoms with Gasteiger partial charge >= 0.3 is 12.1 Å². The van der Waals surface area contributed by atoms with Crippen LogP contribution < -0.4 is 5.32 Å². The number of piperidine rings is 1. The lowest BCUT2D eigenvalue weighted by Gasteiger charge is -2.23. The van der Waals surface area contributed by atoms with Gasteiger partial charge in [0, 0.05) is 13.1 Å². The molecule has 2 fully saturated rings. The zero-order valence-corrected chi connectivity index (χ0v) is 9.40. The van der Waals surface area contributed by atoms with E-state index in [-0.39, 0.29) is 37.3 Å². The SMILES string of the molecule is Cl.O=C(N1CC2CCNCC2C1)C(F)(F)F. The van der Waals surface area contributed by atoms with E-state index in [4.69, 9.17) is 0 Å². The first-order valence-corrected chi connectivity index (χ1v) is 5.05. The number of alkyl halides is 3. The summed E-state index contributed by atoms with van der Waals surface area (Å²) in [4.78, 5) is 11.9. The van der Waals surface area contributed by atoms with Crippen molar-refractivity contribution in [3.05, 3.63) is 0 Å². The molecule has 2 atom stereocenters. The smallest absolute Gasteiger partial charge is 0.334 e. The van der Waals surface area contributed by atoms with Crippen LogP contribution in [0.2, 0.25) is 0 Å². The molecule has 1 N–H and O–H groups in total. The molecule has 0 saturated carbocycles. The summed E-state index contributed by atoms with van der Waals surface area (Å²) < 4.78 is 36.5. The minimum atomic E-state index is -4.72. The number of halogens is 4. The number of rotatable bonds is 0. The van der Waals surface area contributed by atoms with Crippen molar-refractivity contribution in [2.45, 2.75) is 12.6 Å². The van der Waals surface area contributed by atoms with Crippen molar-refractivity contribution in [3.63, 3.8) is 0 Å². The summed E-state index contributed by atoms with van der Waals surface area (Å²) >= 11 is 0. The van der Waals surface area contributed by atoms with Gasteiger partial charge in [-0.05, 0) is 31.3 Å². The number of hydrogen-bond acceptors (Lipinski definition) is 2. The molecule has 0 aromatic rings. The van der Waals surface area contributed by atoms with E-state index >= 15 is 0 Å². The van der Waals surface area contributed by atoms with E-state index in [1.807, 2.05) is 0 Å². The predicted octanol–water partition coefficient (Wildman–Crippen LogP) is 1.04. The molecular formula is C9H14ClF3N2O. The number of carbonyl (C=O) groups excluding carboxylic acids is 1. The van der Waals surface area contributed by atoms with E-state index in [1.54, 1.807) is 0 Å². The average Bonchev–Trinajstić information content (AvgIpc) is 2.58. The van der Waals surface area contributed by atoms with E-state index in [2.05, 4.69) is 5.32 Å². The van der Waals surface area contributed by atoms with Gasteiger partial charge in [-0.1, -0.05) is 0 Å². The van der Waals surface area contributed by atoms with Gasteiger partial charge in [0.25, 0.3) is 0 Å². The molecule has 0 spiro atoms. The highest BCUT2D eigenvalue weighted by atomic mass is 35.5. The van der Waals surface area contributed by atoms with Crippen molar-refractivity contribution >= 4 is 18.3 Å². The van der Waals surface area contributed by atoms with E-state index in [9.17, 15) is 18.0 Å². The van der Waals surface area contributed by atoms with Crippen molar-refractivity contribution in [1.82, 2.24) is 10.2 Å². The Morgan fingerprint density at radius 3 is 2.44 bits per heavy atom. The molecule has 1 amide bonds. The Bertz CT molecular complexity index is 258. The third kappa shape index (κ3) is 2.60. The molecular weight excluding hydrogens is 245 g/mol. The van der Waals surface area contributed by atoms with Crippen LogP contribution in [-0.4, -0.2) is 43.2 Å². The number of carbonyl (C=O) groups is 1. The number of likely N-dealkylation sites (tertiary alicyclic amines) is 1. The Hall–Kier alpha value is -0.490. The Morgan fingerprint density at radius 2 is 1.88 bits per heavy atom. The topological polar surface area (TPSA) is 32.3 Å². The van der Waals surface area contributed by atoms with Crippen LogP contribution in [0.15, 0.2) is 0 Å². The van der Waals surface area contributed by atoms with Crippen molar-refractivity contribution in [3.8, 4) is 0 Å². The molecule has 0 radical (unpaired) electrons. The van der Waals surface area contributed by atoms with Gasteiger partial charge in [-0.2, -0.15) is 13.2 Å². The van der Waals surface area contributed by atoms with Gasteiger partial charge in [-0.25, -0.2) is 0 Å². The molecule has 2 saturated heterocycles. The maximum absolute atomic E-state index is 12.2. The number of nitrogens with zero attached hydrogens (tertiary/aromatic N) is 1. The van der Waals surface area contributed by atoms with Crippen LogP contribution in [0, 0.1) is 11.8 Å². The molecule has 0 aliphatic carbocycles. The van der Waals surface area contributed by atoms with Crippen LogP contribution >= 0.6 is 12.4 Å². The first kappa shape index (κ1) is 13.6. The lowest BCUT2D eigenvalue weighted by molar-refractivity contribution is -0.184. The molecule has 7 heteroatoms. The summed E-state index contributed by atoms with van der Waals surface area (Å²) in [7, 11) is 0. The number of fused-ring (bicyclic) bond motifs is 1. The Balaban J connectivity index is 0.00000128. The van der Waals surface area contributed by atoms with Gasteiger partial charge in [0.1, 0.15) is 0 Å². The maximum atomic E-state index is 12.2. The maximum Gasteiger partial charge on any atom is 0.471 e. The fourth-order valence-electron chi connectivity index (χ4n) is 2.42. The Labute approximate surface area is 97.8 Å². The number of nitrogens with one attached hydrogen (secondary N) is 1. The lowest BCUT2D eigenvalue weighted by Crippen LogP contribution is -2.40. The van der Waals surface area contributed by atoms with Crippen LogP contribution in [0.5, 0.6) is 0 Å². The third-order valence-corrected chi connectivity index (χ3v) is 3.20. The first-order chi connectivity index (χ1) is 6.98. The van der Waals surface area contributed by atoms with Gasteiger partial charge in [0.2, 0.25) is 0 Å². The molecule has 0 aromatic heterocycles. The van der Waals surface area contributed by atoms with Crippen LogP contribution in [0.25, 0.3) is 0 Å². The number of amides is 1. The molecule has 0 bridgehead atoms. The fourth-order valence-corrected chi connectivity index (χ4v) is 2.42. The van der Waals surface area contributed by atoms with E-state index < -0.39 is 12.1 Å². The fraction of sp³-hybridized carbons (Fsp3) is 0.889. The van der Waals surface area contributed by atoms with Gasteiger partial charge in [-0.15, -0.1) is 12.4 Å². The zero-order valence-electron chi connectivity index (χ0n) is 8.59. The molecule has 3 nitrogen and oxygen atoms in total. The summed E-state index contributed by atoms with van der Waals surface area (Å²) in [5, 5.41) is 3.14. The normalized spacial score (nSPS) is 29.6. The molecule has 2 unspecified atom stereocenters. The van der Waals surface area contributed by atoms with E-state index in [0.717, 1.165) is 24.4 Å². The highest BCUT2D eigenvalue weighted by Crippen LogP contribution is 2.30. The highest BCUT2D eigenvalue weighted by molar-refractivity contribution is 5.85. The second-order valence-electron chi connectivity index (χ2n) is 4.22. The molecule has 16 heavy (non-hydrogen) atoms. The molecule has 2 aliphatic heterocycles. The summed E-state index contributed by atoms with van der Waals surface area (Å²) in [5.74, 6) is -1.24. The summed E-state index contributed by atoms with van der Waals surface area (Å²) in [6.45, 7) is 2.09. The zero-order chi connectivity index (χ0) is 11.1. The summed E-state index contributed by atoms with van der Waals surface area (Å²) in [6.07, 6.45) is -3.85. The average molecular weight is 259 g/mol. The van der Waals surface area contributed by atoms with Gasteiger partial charge in [0.05, 0.1) is 0 Å². The minimum Gasteiger partial charge on any atom is -0.334 e. The van der Waals surface area contributed by atoms with Crippen molar-refractivity contribution in [2.75, 3.05) is 26.2 Å². The van der Waals surface area contributed by atoms with Crippen LogP contribution in [-0.2, 0) is 4.79 Å². The van der Waals surface area contributed by atoms with Crippen LogP contribution in [0.3, 0.4) is 0 Å². The highest BCUT2D eigenvalue weighted by Gasteiger charge is 2.47. The summed E-state index contributed by atoms with van der Waals surface area (Å²) in [5.41, 5.74) is 0. The molecule has 2 aliphatic rings. The predicted molar refractivity (Wildman–Crippen MR) is 54.3 cm³/mol. The monoisotopic (exact) mass is 258 g/mol. The molecule has 2 heterocycles. The lowest BCUT2D eigenvalue weighted by atomic mass is 9.90. The second kappa shape index (κ2) is 4.79. The van der Waals surface area contributed by atoms with Crippen LogP contribution in [0.1, 0.15) is 6.42 Å². The van der Waals surface area contributed by atoms with Crippen LogP contribution in [0.4, 0.5) is 13.2 Å². The van der Waals surface area contributed by atoms with E-state index in [0.29, 0.717) is 0 Å². The molecule has 0 aromatic carbocycles. The molecule has 2 rings (SSSR count). The third-order valence-electron chi connectivity index (χ3n) is 3.20. The summed E-state index contributed by atoms with van der Waals surface area (Å²) in [6, 6.07) is 0. The standard InChI is InChI=1S/C9H13F3N2O.ClH/c10-9(11,12)8(15)14-4-6-1-2-13-3-7(6)5-14;/h6-7,13H,1-5H2;1H. The van der Waals surface area contributed by atoms with E-state index in [1.165, 1.54) is 0 Å².